The third-order valence-electron chi connectivity index (χ3n) is 6.99. The van der Waals surface area contributed by atoms with Crippen molar-refractivity contribution in [1.29, 1.82) is 0 Å². The van der Waals surface area contributed by atoms with Gasteiger partial charge in [0, 0.05) is 12.5 Å². The van der Waals surface area contributed by atoms with Gasteiger partial charge in [-0.3, -0.25) is 0 Å². The Bertz CT molecular complexity index is 738. The van der Waals surface area contributed by atoms with Crippen LogP contribution in [0.15, 0.2) is 60.7 Å². The van der Waals surface area contributed by atoms with E-state index in [1.165, 1.54) is 30.4 Å². The van der Waals surface area contributed by atoms with E-state index >= 15 is 0 Å². The first-order valence-corrected chi connectivity index (χ1v) is 14.2. The first-order chi connectivity index (χ1) is 13.8. The summed E-state index contributed by atoms with van der Waals surface area (Å²) in [6.07, 6.45) is 4.05. The first-order valence-electron chi connectivity index (χ1n) is 11.3. The van der Waals surface area contributed by atoms with Crippen molar-refractivity contribution in [2.75, 3.05) is 6.54 Å². The van der Waals surface area contributed by atoms with Crippen LogP contribution < -0.4 is 5.32 Å². The van der Waals surface area contributed by atoms with Crippen LogP contribution in [0.2, 0.25) is 18.1 Å². The fourth-order valence-corrected chi connectivity index (χ4v) is 5.70. The molecular formula is C26H39NOSi. The Kier molecular flexibility index (Phi) is 7.36. The first kappa shape index (κ1) is 22.3. The van der Waals surface area contributed by atoms with E-state index in [9.17, 15) is 0 Å². The summed E-state index contributed by atoms with van der Waals surface area (Å²) >= 11 is 0. The van der Waals surface area contributed by atoms with Crippen LogP contribution in [-0.4, -0.2) is 21.0 Å². The summed E-state index contributed by atoms with van der Waals surface area (Å²) in [6, 6.07) is 21.8. The highest BCUT2D eigenvalue weighted by molar-refractivity contribution is 6.74. The second-order valence-corrected chi connectivity index (χ2v) is 14.9. The van der Waals surface area contributed by atoms with Crippen LogP contribution >= 0.6 is 0 Å². The minimum atomic E-state index is -1.80. The van der Waals surface area contributed by atoms with Crippen molar-refractivity contribution < 1.29 is 4.43 Å². The predicted octanol–water partition coefficient (Wildman–Crippen LogP) is 6.75. The Morgan fingerprint density at radius 1 is 0.931 bits per heavy atom. The van der Waals surface area contributed by atoms with E-state index < -0.39 is 8.32 Å². The van der Waals surface area contributed by atoms with Crippen LogP contribution in [0.25, 0.3) is 0 Å². The highest BCUT2D eigenvalue weighted by Crippen LogP contribution is 2.44. The highest BCUT2D eigenvalue weighted by Gasteiger charge is 2.43. The van der Waals surface area contributed by atoms with Gasteiger partial charge in [-0.1, -0.05) is 87.9 Å². The minimum absolute atomic E-state index is 0.243. The van der Waals surface area contributed by atoms with Gasteiger partial charge in [-0.15, -0.1) is 0 Å². The fraction of sp³-hybridized carbons (Fsp3) is 0.538. The zero-order valence-electron chi connectivity index (χ0n) is 18.9. The van der Waals surface area contributed by atoms with Crippen molar-refractivity contribution in [3.8, 4) is 0 Å². The summed E-state index contributed by atoms with van der Waals surface area (Å²) < 4.78 is 7.02. The molecule has 3 atom stereocenters. The lowest BCUT2D eigenvalue weighted by atomic mass is 9.73. The van der Waals surface area contributed by atoms with Gasteiger partial charge < -0.3 is 9.74 Å². The normalized spacial score (nSPS) is 23.1. The second kappa shape index (κ2) is 9.59. The van der Waals surface area contributed by atoms with Gasteiger partial charge in [0.2, 0.25) is 0 Å². The summed E-state index contributed by atoms with van der Waals surface area (Å²) in [5, 5.41) is 3.98. The standard InChI is InChI=1S/C26H39NOSi/c1-26(2,3)29(4,5)28-24-18-12-17-23(25(24)22-15-10-7-11-16-22)20-27-19-21-13-8-6-9-14-21/h6-11,13-16,23-25,27H,12,17-20H2,1-5H3/t23?,24-,25+/m1/s1. The van der Waals surface area contributed by atoms with E-state index in [1.54, 1.807) is 0 Å². The monoisotopic (exact) mass is 409 g/mol. The van der Waals surface area contributed by atoms with Gasteiger partial charge in [-0.05, 0) is 54.6 Å². The van der Waals surface area contributed by atoms with Crippen molar-refractivity contribution in [2.45, 2.75) is 76.7 Å². The predicted molar refractivity (Wildman–Crippen MR) is 127 cm³/mol. The van der Waals surface area contributed by atoms with Crippen molar-refractivity contribution in [3.63, 3.8) is 0 Å². The Balaban J connectivity index is 1.75. The fourth-order valence-electron chi connectivity index (χ4n) is 4.32. The van der Waals surface area contributed by atoms with Gasteiger partial charge in [-0.25, -0.2) is 0 Å². The smallest absolute Gasteiger partial charge is 0.192 e. The molecule has 0 aromatic heterocycles. The van der Waals surface area contributed by atoms with Crippen molar-refractivity contribution in [2.24, 2.45) is 5.92 Å². The highest BCUT2D eigenvalue weighted by atomic mass is 28.4. The molecule has 0 saturated heterocycles. The maximum absolute atomic E-state index is 7.02. The summed E-state index contributed by atoms with van der Waals surface area (Å²) in [5.74, 6) is 1.09. The molecule has 1 saturated carbocycles. The lowest BCUT2D eigenvalue weighted by Crippen LogP contribution is -2.48. The summed E-state index contributed by atoms with van der Waals surface area (Å²) in [4.78, 5) is 0. The van der Waals surface area contributed by atoms with E-state index in [1.807, 2.05) is 0 Å². The van der Waals surface area contributed by atoms with Gasteiger partial charge in [0.15, 0.2) is 8.32 Å². The molecule has 2 aromatic rings. The van der Waals surface area contributed by atoms with Gasteiger partial charge >= 0.3 is 0 Å². The molecule has 1 N–H and O–H groups in total. The molecule has 0 radical (unpaired) electrons. The maximum atomic E-state index is 7.02. The van der Waals surface area contributed by atoms with Crippen molar-refractivity contribution >= 4 is 8.32 Å². The Morgan fingerprint density at radius 2 is 1.55 bits per heavy atom. The molecule has 29 heavy (non-hydrogen) atoms. The largest absolute Gasteiger partial charge is 0.413 e. The van der Waals surface area contributed by atoms with Gasteiger partial charge in [0.25, 0.3) is 0 Å². The van der Waals surface area contributed by atoms with E-state index in [2.05, 4.69) is 99.8 Å². The lowest BCUT2D eigenvalue weighted by Gasteiger charge is -2.45. The molecule has 3 heteroatoms. The molecule has 0 amide bonds. The van der Waals surface area contributed by atoms with Crippen molar-refractivity contribution in [3.05, 3.63) is 71.8 Å². The molecule has 2 aromatic carbocycles. The zero-order chi connectivity index (χ0) is 20.9. The van der Waals surface area contributed by atoms with E-state index in [0.717, 1.165) is 13.1 Å². The molecule has 0 spiro atoms. The van der Waals surface area contributed by atoms with Gasteiger partial charge in [0.1, 0.15) is 0 Å². The number of benzene rings is 2. The average molecular weight is 410 g/mol. The SMILES string of the molecule is CC(C)(C)[Si](C)(C)O[C@@H]1CCCC(CNCc2ccccc2)[C@@H]1c1ccccc1. The summed E-state index contributed by atoms with van der Waals surface area (Å²) in [5.41, 5.74) is 2.80. The zero-order valence-corrected chi connectivity index (χ0v) is 19.9. The molecule has 0 bridgehead atoms. The van der Waals surface area contributed by atoms with E-state index in [0.29, 0.717) is 17.9 Å². The number of rotatable bonds is 7. The quantitative estimate of drug-likeness (QED) is 0.511. The topological polar surface area (TPSA) is 21.3 Å². The lowest BCUT2D eigenvalue weighted by molar-refractivity contribution is 0.0813. The van der Waals surface area contributed by atoms with E-state index in [4.69, 9.17) is 4.43 Å². The maximum Gasteiger partial charge on any atom is 0.192 e. The number of hydrogen-bond acceptors (Lipinski definition) is 2. The second-order valence-electron chi connectivity index (χ2n) is 10.2. The Morgan fingerprint density at radius 3 is 2.17 bits per heavy atom. The van der Waals surface area contributed by atoms with Gasteiger partial charge in [-0.2, -0.15) is 0 Å². The van der Waals surface area contributed by atoms with Crippen LogP contribution in [-0.2, 0) is 11.0 Å². The minimum Gasteiger partial charge on any atom is -0.413 e. The Hall–Kier alpha value is -1.42. The van der Waals surface area contributed by atoms with Crippen LogP contribution in [0.5, 0.6) is 0 Å². The third-order valence-corrected chi connectivity index (χ3v) is 11.5. The molecule has 2 nitrogen and oxygen atoms in total. The molecule has 1 aliphatic rings. The van der Waals surface area contributed by atoms with Crippen molar-refractivity contribution in [1.82, 2.24) is 5.32 Å². The summed E-state index contributed by atoms with van der Waals surface area (Å²) in [6.45, 7) is 13.8. The van der Waals surface area contributed by atoms with Crippen LogP contribution in [0, 0.1) is 5.92 Å². The molecule has 3 rings (SSSR count). The Labute approximate surface area is 179 Å². The average Bonchev–Trinajstić information content (AvgIpc) is 2.68. The van der Waals surface area contributed by atoms with Crippen LogP contribution in [0.1, 0.15) is 57.1 Å². The molecule has 1 aliphatic carbocycles. The molecule has 0 heterocycles. The van der Waals surface area contributed by atoms with Crippen LogP contribution in [0.3, 0.4) is 0 Å². The molecule has 0 aliphatic heterocycles. The van der Waals surface area contributed by atoms with Crippen LogP contribution in [0.4, 0.5) is 0 Å². The molecular weight excluding hydrogens is 370 g/mol. The number of nitrogens with one attached hydrogen (secondary N) is 1. The molecule has 1 unspecified atom stereocenters. The molecule has 158 valence electrons. The third kappa shape index (κ3) is 5.81. The van der Waals surface area contributed by atoms with E-state index in [-0.39, 0.29) is 5.04 Å². The summed E-state index contributed by atoms with van der Waals surface area (Å²) in [7, 11) is -1.80. The van der Waals surface area contributed by atoms with Gasteiger partial charge in [0.05, 0.1) is 6.10 Å². The number of hydrogen-bond donors (Lipinski definition) is 1. The molecule has 1 fully saturated rings.